The highest BCUT2D eigenvalue weighted by atomic mass is 35.5. The van der Waals surface area contributed by atoms with E-state index in [-0.39, 0.29) is 17.8 Å². The molecule has 0 aromatic heterocycles. The van der Waals surface area contributed by atoms with Crippen LogP contribution in [0.4, 0.5) is 11.4 Å². The van der Waals surface area contributed by atoms with Crippen molar-refractivity contribution < 1.29 is 17.9 Å². The number of carbonyl (C=O) groups excluding carboxylic acids is 1. The molecule has 148 valence electrons. The molecule has 1 saturated heterocycles. The molecule has 4 rings (SSSR count). The van der Waals surface area contributed by atoms with E-state index in [1.807, 2.05) is 0 Å². The smallest absolute Gasteiger partial charge is 0.256 e. The summed E-state index contributed by atoms with van der Waals surface area (Å²) in [4.78, 5) is 14.4. The minimum atomic E-state index is -3.61. The highest BCUT2D eigenvalue weighted by molar-refractivity contribution is 7.91. The van der Waals surface area contributed by atoms with E-state index in [4.69, 9.17) is 16.3 Å². The molecule has 1 atom stereocenters. The number of amides is 1. The van der Waals surface area contributed by atoms with E-state index in [1.54, 1.807) is 47.4 Å². The van der Waals surface area contributed by atoms with Crippen molar-refractivity contribution >= 4 is 38.9 Å². The molecule has 2 aromatic carbocycles. The summed E-state index contributed by atoms with van der Waals surface area (Å²) in [5.41, 5.74) is 2.81. The van der Waals surface area contributed by atoms with Gasteiger partial charge in [-0.15, -0.1) is 0 Å². The summed E-state index contributed by atoms with van der Waals surface area (Å²) in [6.07, 6.45) is 1.99. The fourth-order valence-corrected chi connectivity index (χ4v) is 5.18. The quantitative estimate of drug-likeness (QED) is 0.804. The summed E-state index contributed by atoms with van der Waals surface area (Å²) in [7, 11) is -3.61. The number of anilines is 2. The van der Waals surface area contributed by atoms with Crippen molar-refractivity contribution in [3.05, 3.63) is 58.6 Å². The molecule has 2 aliphatic rings. The van der Waals surface area contributed by atoms with Gasteiger partial charge in [-0.25, -0.2) is 8.42 Å². The minimum Gasteiger partial charge on any atom is -0.368 e. The third kappa shape index (κ3) is 4.01. The van der Waals surface area contributed by atoms with Gasteiger partial charge in [0.2, 0.25) is 10.0 Å². The molecule has 2 aromatic rings. The third-order valence-electron chi connectivity index (χ3n) is 5.02. The molecule has 0 aliphatic carbocycles. The molecule has 6 nitrogen and oxygen atoms in total. The maximum absolute atomic E-state index is 12.6. The first kappa shape index (κ1) is 19.2. The Hall–Kier alpha value is -2.09. The number of benzene rings is 2. The standard InChI is InChI=1S/C20H21ClN2O4S/c21-17-5-2-1-4-15(17)13-28(25,26)22-16-7-8-18-14(12-16)9-10-23(18)20(24)19-6-3-11-27-19/h1-2,4-5,7-8,12,19,22H,3,6,9-11,13H2. The van der Waals surface area contributed by atoms with Gasteiger partial charge in [0.25, 0.3) is 5.91 Å². The summed E-state index contributed by atoms with van der Waals surface area (Å²) < 4.78 is 33.1. The Bertz CT molecular complexity index is 1000. The molecule has 0 radical (unpaired) electrons. The van der Waals surface area contributed by atoms with Crippen molar-refractivity contribution in [3.63, 3.8) is 0 Å². The third-order valence-corrected chi connectivity index (χ3v) is 6.63. The van der Waals surface area contributed by atoms with Gasteiger partial charge in [0, 0.05) is 29.5 Å². The average molecular weight is 421 g/mol. The minimum absolute atomic E-state index is 0.0108. The second kappa shape index (κ2) is 7.73. The zero-order valence-electron chi connectivity index (χ0n) is 15.2. The van der Waals surface area contributed by atoms with E-state index in [0.717, 1.165) is 24.1 Å². The van der Waals surface area contributed by atoms with Crippen molar-refractivity contribution in [1.82, 2.24) is 0 Å². The van der Waals surface area contributed by atoms with Crippen LogP contribution in [-0.4, -0.2) is 33.6 Å². The Morgan fingerprint density at radius 2 is 2.07 bits per heavy atom. The topological polar surface area (TPSA) is 75.7 Å². The van der Waals surface area contributed by atoms with Crippen molar-refractivity contribution in [2.24, 2.45) is 0 Å². The molecule has 0 saturated carbocycles. The molecule has 28 heavy (non-hydrogen) atoms. The van der Waals surface area contributed by atoms with Gasteiger partial charge >= 0.3 is 0 Å². The number of nitrogens with zero attached hydrogens (tertiary/aromatic N) is 1. The van der Waals surface area contributed by atoms with Crippen LogP contribution in [0.5, 0.6) is 0 Å². The van der Waals surface area contributed by atoms with E-state index in [9.17, 15) is 13.2 Å². The van der Waals surface area contributed by atoms with Gasteiger partial charge in [-0.05, 0) is 54.7 Å². The number of carbonyl (C=O) groups is 1. The number of hydrogen-bond acceptors (Lipinski definition) is 4. The van der Waals surface area contributed by atoms with Crippen LogP contribution < -0.4 is 9.62 Å². The lowest BCUT2D eigenvalue weighted by Gasteiger charge is -2.21. The lowest BCUT2D eigenvalue weighted by atomic mass is 10.1. The summed E-state index contributed by atoms with van der Waals surface area (Å²) >= 11 is 6.07. The fraction of sp³-hybridized carbons (Fsp3) is 0.350. The van der Waals surface area contributed by atoms with Crippen LogP contribution in [-0.2, 0) is 31.7 Å². The van der Waals surface area contributed by atoms with Crippen LogP contribution in [0.2, 0.25) is 5.02 Å². The Morgan fingerprint density at radius 3 is 2.82 bits per heavy atom. The molecule has 0 spiro atoms. The Balaban J connectivity index is 1.49. The maximum atomic E-state index is 12.6. The summed E-state index contributed by atoms with van der Waals surface area (Å²) in [6.45, 7) is 1.22. The first-order valence-electron chi connectivity index (χ1n) is 9.23. The van der Waals surface area contributed by atoms with Gasteiger partial charge in [0.05, 0.1) is 5.75 Å². The zero-order chi connectivity index (χ0) is 19.7. The Labute approximate surface area is 169 Å². The zero-order valence-corrected chi connectivity index (χ0v) is 16.8. The van der Waals surface area contributed by atoms with Crippen LogP contribution in [0, 0.1) is 0 Å². The Kier molecular flexibility index (Phi) is 5.31. The predicted molar refractivity (Wildman–Crippen MR) is 109 cm³/mol. The lowest BCUT2D eigenvalue weighted by molar-refractivity contribution is -0.127. The molecule has 8 heteroatoms. The second-order valence-corrected chi connectivity index (χ2v) is 9.17. The number of halogens is 1. The average Bonchev–Trinajstić information content (AvgIpc) is 3.32. The summed E-state index contributed by atoms with van der Waals surface area (Å²) in [6, 6.07) is 12.1. The highest BCUT2D eigenvalue weighted by Crippen LogP contribution is 2.32. The molecule has 0 bridgehead atoms. The van der Waals surface area contributed by atoms with Gasteiger partial charge < -0.3 is 9.64 Å². The van der Waals surface area contributed by atoms with Gasteiger partial charge in [0.15, 0.2) is 0 Å². The largest absolute Gasteiger partial charge is 0.368 e. The number of ether oxygens (including phenoxy) is 1. The van der Waals surface area contributed by atoms with Gasteiger partial charge in [-0.1, -0.05) is 29.8 Å². The molecule has 1 fully saturated rings. The molecular formula is C20H21ClN2O4S. The number of hydrogen-bond donors (Lipinski definition) is 1. The van der Waals surface area contributed by atoms with E-state index in [2.05, 4.69) is 4.72 Å². The molecule has 1 unspecified atom stereocenters. The van der Waals surface area contributed by atoms with Crippen LogP contribution >= 0.6 is 11.6 Å². The highest BCUT2D eigenvalue weighted by Gasteiger charge is 2.32. The fourth-order valence-electron chi connectivity index (χ4n) is 3.68. The normalized spacial score (nSPS) is 18.9. The predicted octanol–water partition coefficient (Wildman–Crippen LogP) is 3.35. The van der Waals surface area contributed by atoms with Crippen molar-refractivity contribution in [2.75, 3.05) is 22.8 Å². The molecule has 2 heterocycles. The van der Waals surface area contributed by atoms with E-state index in [1.165, 1.54) is 0 Å². The second-order valence-electron chi connectivity index (χ2n) is 7.04. The first-order valence-corrected chi connectivity index (χ1v) is 11.3. The van der Waals surface area contributed by atoms with Crippen molar-refractivity contribution in [1.29, 1.82) is 0 Å². The number of fused-ring (bicyclic) bond motifs is 1. The van der Waals surface area contributed by atoms with Crippen LogP contribution in [0.1, 0.15) is 24.0 Å². The van der Waals surface area contributed by atoms with E-state index < -0.39 is 10.0 Å². The van der Waals surface area contributed by atoms with Gasteiger partial charge in [-0.3, -0.25) is 9.52 Å². The summed E-state index contributed by atoms with van der Waals surface area (Å²) in [5.74, 6) is -0.212. The molecule has 2 aliphatic heterocycles. The maximum Gasteiger partial charge on any atom is 0.256 e. The summed E-state index contributed by atoms with van der Waals surface area (Å²) in [5, 5.41) is 0.421. The van der Waals surface area contributed by atoms with E-state index >= 15 is 0 Å². The SMILES string of the molecule is O=C(C1CCCO1)N1CCc2cc(NS(=O)(=O)Cc3ccccc3Cl)ccc21. The molecular weight excluding hydrogens is 400 g/mol. The molecule has 1 N–H and O–H groups in total. The van der Waals surface area contributed by atoms with Crippen LogP contribution in [0.25, 0.3) is 0 Å². The first-order chi connectivity index (χ1) is 13.4. The van der Waals surface area contributed by atoms with E-state index in [0.29, 0.717) is 35.8 Å². The van der Waals surface area contributed by atoms with Crippen LogP contribution in [0.15, 0.2) is 42.5 Å². The number of sulfonamides is 1. The number of rotatable bonds is 5. The lowest BCUT2D eigenvalue weighted by Crippen LogP contribution is -2.37. The van der Waals surface area contributed by atoms with Crippen molar-refractivity contribution in [3.8, 4) is 0 Å². The Morgan fingerprint density at radius 1 is 1.25 bits per heavy atom. The van der Waals surface area contributed by atoms with Gasteiger partial charge in [0.1, 0.15) is 6.10 Å². The molecule has 1 amide bonds. The van der Waals surface area contributed by atoms with Gasteiger partial charge in [-0.2, -0.15) is 0 Å². The number of nitrogens with one attached hydrogen (secondary N) is 1. The monoisotopic (exact) mass is 420 g/mol. The van der Waals surface area contributed by atoms with Crippen LogP contribution in [0.3, 0.4) is 0 Å². The van der Waals surface area contributed by atoms with Crippen molar-refractivity contribution in [2.45, 2.75) is 31.1 Å².